The van der Waals surface area contributed by atoms with Crippen molar-refractivity contribution in [2.75, 3.05) is 23.9 Å². The van der Waals surface area contributed by atoms with E-state index in [-0.39, 0.29) is 12.1 Å². The van der Waals surface area contributed by atoms with Gasteiger partial charge in [0.25, 0.3) is 0 Å². The molecule has 0 radical (unpaired) electrons. The number of amides is 2. The topological polar surface area (TPSA) is 80.0 Å². The first-order valence-corrected chi connectivity index (χ1v) is 10.0. The van der Waals surface area contributed by atoms with Crippen LogP contribution in [0.2, 0.25) is 0 Å². The standard InChI is InChI=1S/C20H21N7OS/c1-13(2)27-12-21-24-18(27)15-9-7-11-17(22-15)25(3)20(28)26(4)19-23-14-8-5-6-10-16(14)29-19/h5-13H,1-4H3. The quantitative estimate of drug-likeness (QED) is 0.506. The van der Waals surface area contributed by atoms with E-state index < -0.39 is 0 Å². The monoisotopic (exact) mass is 407 g/mol. The Balaban J connectivity index is 1.61. The second-order valence-electron chi connectivity index (χ2n) is 6.90. The van der Waals surface area contributed by atoms with E-state index in [9.17, 15) is 4.79 Å². The summed E-state index contributed by atoms with van der Waals surface area (Å²) in [5.41, 5.74) is 1.54. The molecule has 0 aliphatic carbocycles. The van der Waals surface area contributed by atoms with E-state index in [0.717, 1.165) is 10.2 Å². The molecule has 3 heterocycles. The molecule has 0 aliphatic rings. The fraction of sp³-hybridized carbons (Fsp3) is 0.250. The van der Waals surface area contributed by atoms with Crippen molar-refractivity contribution in [1.82, 2.24) is 24.7 Å². The number of aromatic nitrogens is 5. The molecule has 0 unspecified atom stereocenters. The lowest BCUT2D eigenvalue weighted by molar-refractivity contribution is 0.253. The van der Waals surface area contributed by atoms with Crippen molar-refractivity contribution in [3.05, 3.63) is 48.8 Å². The zero-order valence-corrected chi connectivity index (χ0v) is 17.5. The Morgan fingerprint density at radius 2 is 1.83 bits per heavy atom. The van der Waals surface area contributed by atoms with Crippen LogP contribution in [-0.4, -0.2) is 44.9 Å². The summed E-state index contributed by atoms with van der Waals surface area (Å²) in [6, 6.07) is 13.3. The minimum atomic E-state index is -0.223. The molecule has 1 aromatic carbocycles. The molecule has 148 valence electrons. The van der Waals surface area contributed by atoms with Gasteiger partial charge in [0.2, 0.25) is 0 Å². The largest absolute Gasteiger partial charge is 0.331 e. The summed E-state index contributed by atoms with van der Waals surface area (Å²) in [6.07, 6.45) is 1.68. The number of pyridine rings is 1. The molecule has 0 atom stereocenters. The first kappa shape index (κ1) is 19.0. The Kier molecular flexibility index (Phi) is 4.98. The lowest BCUT2D eigenvalue weighted by Gasteiger charge is -2.22. The van der Waals surface area contributed by atoms with Crippen molar-refractivity contribution in [3.8, 4) is 11.5 Å². The summed E-state index contributed by atoms with van der Waals surface area (Å²) in [4.78, 5) is 25.3. The van der Waals surface area contributed by atoms with Crippen molar-refractivity contribution in [3.63, 3.8) is 0 Å². The van der Waals surface area contributed by atoms with E-state index >= 15 is 0 Å². The van der Waals surface area contributed by atoms with E-state index in [1.165, 1.54) is 21.1 Å². The molecule has 4 aromatic rings. The van der Waals surface area contributed by atoms with Gasteiger partial charge in [0.05, 0.1) is 10.2 Å². The van der Waals surface area contributed by atoms with E-state index in [2.05, 4.69) is 34.0 Å². The molecule has 29 heavy (non-hydrogen) atoms. The third kappa shape index (κ3) is 3.56. The molecule has 8 nitrogen and oxygen atoms in total. The van der Waals surface area contributed by atoms with Gasteiger partial charge >= 0.3 is 6.03 Å². The highest BCUT2D eigenvalue weighted by molar-refractivity contribution is 7.22. The predicted molar refractivity (Wildman–Crippen MR) is 115 cm³/mol. The van der Waals surface area contributed by atoms with Crippen LogP contribution in [0.25, 0.3) is 21.7 Å². The third-order valence-corrected chi connectivity index (χ3v) is 5.69. The number of fused-ring (bicyclic) bond motifs is 1. The Hall–Kier alpha value is -3.33. The van der Waals surface area contributed by atoms with Crippen LogP contribution < -0.4 is 9.80 Å². The highest BCUT2D eigenvalue weighted by Gasteiger charge is 2.22. The predicted octanol–water partition coefficient (Wildman–Crippen LogP) is 4.22. The number of carbonyl (C=O) groups is 1. The highest BCUT2D eigenvalue weighted by atomic mass is 32.1. The van der Waals surface area contributed by atoms with Crippen LogP contribution in [0.15, 0.2) is 48.8 Å². The summed E-state index contributed by atoms with van der Waals surface area (Å²) in [7, 11) is 3.42. The van der Waals surface area contributed by atoms with Gasteiger partial charge in [-0.05, 0) is 38.1 Å². The lowest BCUT2D eigenvalue weighted by atomic mass is 10.3. The molecule has 0 spiro atoms. The first-order valence-electron chi connectivity index (χ1n) is 9.19. The van der Waals surface area contributed by atoms with Crippen LogP contribution in [0.3, 0.4) is 0 Å². The molecule has 3 aromatic heterocycles. The average molecular weight is 408 g/mol. The molecule has 2 amide bonds. The van der Waals surface area contributed by atoms with Gasteiger partial charge in [-0.15, -0.1) is 10.2 Å². The minimum Gasteiger partial charge on any atom is -0.310 e. The fourth-order valence-corrected chi connectivity index (χ4v) is 3.87. The number of hydrogen-bond acceptors (Lipinski definition) is 6. The Labute approximate surface area is 172 Å². The maximum Gasteiger partial charge on any atom is 0.331 e. The molecular formula is C20H21N7OS. The van der Waals surface area contributed by atoms with Gasteiger partial charge in [0, 0.05) is 20.1 Å². The van der Waals surface area contributed by atoms with Crippen molar-refractivity contribution in [2.45, 2.75) is 19.9 Å². The number of nitrogens with zero attached hydrogens (tertiary/aromatic N) is 7. The summed E-state index contributed by atoms with van der Waals surface area (Å²) in [5, 5.41) is 8.82. The van der Waals surface area contributed by atoms with Crippen molar-refractivity contribution >= 4 is 38.5 Å². The van der Waals surface area contributed by atoms with Gasteiger partial charge in [0.1, 0.15) is 17.8 Å². The Morgan fingerprint density at radius 3 is 2.59 bits per heavy atom. The summed E-state index contributed by atoms with van der Waals surface area (Å²) >= 11 is 1.48. The first-order chi connectivity index (χ1) is 14.0. The van der Waals surface area contributed by atoms with Gasteiger partial charge < -0.3 is 4.57 Å². The van der Waals surface area contributed by atoms with Crippen molar-refractivity contribution in [1.29, 1.82) is 0 Å². The number of carbonyl (C=O) groups excluding carboxylic acids is 1. The number of para-hydroxylation sites is 1. The maximum absolute atomic E-state index is 13.0. The summed E-state index contributed by atoms with van der Waals surface area (Å²) in [5.74, 6) is 1.20. The minimum absolute atomic E-state index is 0.204. The molecule has 9 heteroatoms. The van der Waals surface area contributed by atoms with Crippen LogP contribution in [0.1, 0.15) is 19.9 Å². The van der Waals surface area contributed by atoms with Gasteiger partial charge in [-0.2, -0.15) is 0 Å². The molecule has 0 N–H and O–H groups in total. The number of rotatable bonds is 4. The summed E-state index contributed by atoms with van der Waals surface area (Å²) < 4.78 is 2.99. The third-order valence-electron chi connectivity index (χ3n) is 4.58. The van der Waals surface area contributed by atoms with Gasteiger partial charge in [0.15, 0.2) is 11.0 Å². The maximum atomic E-state index is 13.0. The van der Waals surface area contributed by atoms with Gasteiger partial charge in [-0.3, -0.25) is 9.80 Å². The Bertz CT molecular complexity index is 1130. The van der Waals surface area contributed by atoms with E-state index in [1.807, 2.05) is 41.0 Å². The normalized spacial score (nSPS) is 11.2. The van der Waals surface area contributed by atoms with Crippen molar-refractivity contribution < 1.29 is 4.79 Å². The van der Waals surface area contributed by atoms with Crippen LogP contribution in [-0.2, 0) is 0 Å². The SMILES string of the molecule is CC(C)n1cnnc1-c1cccc(N(C)C(=O)N(C)c2nc3ccccc3s2)n1. The van der Waals surface area contributed by atoms with Crippen LogP contribution in [0, 0.1) is 0 Å². The number of benzene rings is 1. The second kappa shape index (κ2) is 7.59. The Morgan fingerprint density at radius 1 is 1.03 bits per heavy atom. The molecule has 0 saturated carbocycles. The van der Waals surface area contributed by atoms with Gasteiger partial charge in [-0.25, -0.2) is 14.8 Å². The lowest BCUT2D eigenvalue weighted by Crippen LogP contribution is -2.39. The molecule has 0 saturated heterocycles. The van der Waals surface area contributed by atoms with Crippen LogP contribution in [0.5, 0.6) is 0 Å². The van der Waals surface area contributed by atoms with Crippen LogP contribution in [0.4, 0.5) is 15.7 Å². The van der Waals surface area contributed by atoms with E-state index in [0.29, 0.717) is 22.5 Å². The molecule has 0 bridgehead atoms. The van der Waals surface area contributed by atoms with E-state index in [4.69, 9.17) is 0 Å². The van der Waals surface area contributed by atoms with E-state index in [1.54, 1.807) is 26.5 Å². The number of urea groups is 1. The summed E-state index contributed by atoms with van der Waals surface area (Å²) in [6.45, 7) is 4.11. The molecule has 0 fully saturated rings. The second-order valence-corrected chi connectivity index (χ2v) is 7.91. The fourth-order valence-electron chi connectivity index (χ4n) is 2.95. The van der Waals surface area contributed by atoms with Gasteiger partial charge in [-0.1, -0.05) is 29.5 Å². The van der Waals surface area contributed by atoms with Crippen LogP contribution >= 0.6 is 11.3 Å². The highest BCUT2D eigenvalue weighted by Crippen LogP contribution is 2.29. The molecule has 4 rings (SSSR count). The zero-order valence-electron chi connectivity index (χ0n) is 16.6. The molecular weight excluding hydrogens is 386 g/mol. The number of hydrogen-bond donors (Lipinski definition) is 0. The van der Waals surface area contributed by atoms with Crippen molar-refractivity contribution in [2.24, 2.45) is 0 Å². The number of anilines is 2. The average Bonchev–Trinajstić information content (AvgIpc) is 3.39. The smallest absolute Gasteiger partial charge is 0.310 e. The number of thiazole rings is 1. The molecule has 0 aliphatic heterocycles. The zero-order chi connectivity index (χ0) is 20.5.